The summed E-state index contributed by atoms with van der Waals surface area (Å²) < 4.78 is 0. The number of aliphatic carboxylic acids is 1. The molecule has 22 heavy (non-hydrogen) atoms. The Labute approximate surface area is 136 Å². The van der Waals surface area contributed by atoms with Gasteiger partial charge in [0, 0.05) is 5.56 Å². The lowest BCUT2D eigenvalue weighted by Gasteiger charge is -2.07. The number of aromatic nitrogens is 2. The Balaban J connectivity index is 2.04. The van der Waals surface area contributed by atoms with Crippen molar-refractivity contribution in [3.05, 3.63) is 47.0 Å². The minimum atomic E-state index is -0.871. The zero-order chi connectivity index (χ0) is 15.7. The summed E-state index contributed by atoms with van der Waals surface area (Å²) in [5, 5.41) is 9.95. The summed E-state index contributed by atoms with van der Waals surface area (Å²) >= 11 is 7.55. The van der Waals surface area contributed by atoms with Crippen molar-refractivity contribution in [3.8, 4) is 11.1 Å². The number of H-pyrrole nitrogens is 1. The molecule has 0 spiro atoms. The number of hydrogen-bond donors (Lipinski definition) is 2. The average Bonchev–Trinajstić information content (AvgIpc) is 2.87. The number of carboxylic acid groups (broad SMARTS) is 1. The van der Waals surface area contributed by atoms with Crippen molar-refractivity contribution in [2.75, 3.05) is 5.75 Å². The topological polar surface area (TPSA) is 66.0 Å². The van der Waals surface area contributed by atoms with Gasteiger partial charge < -0.3 is 10.1 Å². The van der Waals surface area contributed by atoms with E-state index in [0.717, 1.165) is 39.5 Å². The summed E-state index contributed by atoms with van der Waals surface area (Å²) in [5.74, 6) is -0.901. The molecular formula is C16H13ClN2O2S. The summed E-state index contributed by atoms with van der Waals surface area (Å²) in [5.41, 5.74) is 4.70. The van der Waals surface area contributed by atoms with Crippen LogP contribution in [0.3, 0.4) is 0 Å². The number of nitrogens with one attached hydrogen (secondary N) is 1. The molecule has 0 aliphatic heterocycles. The number of thioether (sulfide) groups is 1. The van der Waals surface area contributed by atoms with Gasteiger partial charge in [-0.3, -0.25) is 4.79 Å². The summed E-state index contributed by atoms with van der Waals surface area (Å²) in [6.45, 7) is 2.04. The molecule has 0 fully saturated rings. The molecule has 6 heteroatoms. The summed E-state index contributed by atoms with van der Waals surface area (Å²) in [7, 11) is 0. The van der Waals surface area contributed by atoms with Crippen LogP contribution in [0, 0.1) is 6.92 Å². The number of carboxylic acids is 1. The molecule has 2 N–H and O–H groups in total. The molecule has 0 saturated carbocycles. The van der Waals surface area contributed by atoms with E-state index in [4.69, 9.17) is 16.7 Å². The molecule has 0 aliphatic rings. The molecule has 0 amide bonds. The van der Waals surface area contributed by atoms with Crippen LogP contribution < -0.4 is 0 Å². The van der Waals surface area contributed by atoms with Crippen LogP contribution in [-0.2, 0) is 4.79 Å². The Morgan fingerprint density at radius 3 is 2.82 bits per heavy atom. The fourth-order valence-electron chi connectivity index (χ4n) is 2.29. The monoisotopic (exact) mass is 332 g/mol. The Hall–Kier alpha value is -1.98. The average molecular weight is 333 g/mol. The van der Waals surface area contributed by atoms with Gasteiger partial charge in [-0.05, 0) is 30.2 Å². The van der Waals surface area contributed by atoms with E-state index in [2.05, 4.69) is 9.97 Å². The van der Waals surface area contributed by atoms with Gasteiger partial charge >= 0.3 is 5.97 Å². The third-order valence-corrected chi connectivity index (χ3v) is 4.49. The SMILES string of the molecule is Cc1ccccc1-c1cc2nc(SCC(=O)O)[nH]c2cc1Cl. The second kappa shape index (κ2) is 6.02. The molecule has 4 nitrogen and oxygen atoms in total. The number of aromatic amines is 1. The Kier molecular flexibility index (Phi) is 4.09. The summed E-state index contributed by atoms with van der Waals surface area (Å²) in [6, 6.07) is 11.8. The lowest BCUT2D eigenvalue weighted by atomic mass is 10.0. The van der Waals surface area contributed by atoms with Crippen molar-refractivity contribution in [1.82, 2.24) is 9.97 Å². The molecule has 112 valence electrons. The highest BCUT2D eigenvalue weighted by molar-refractivity contribution is 7.99. The highest BCUT2D eigenvalue weighted by Gasteiger charge is 2.11. The molecule has 0 bridgehead atoms. The van der Waals surface area contributed by atoms with Crippen molar-refractivity contribution in [1.29, 1.82) is 0 Å². The molecule has 3 aromatic rings. The lowest BCUT2D eigenvalue weighted by Crippen LogP contribution is -1.97. The Bertz CT molecular complexity index is 860. The maximum atomic E-state index is 10.6. The predicted molar refractivity (Wildman–Crippen MR) is 89.6 cm³/mol. The number of nitrogens with zero attached hydrogens (tertiary/aromatic N) is 1. The van der Waals surface area contributed by atoms with Crippen LogP contribution in [0.2, 0.25) is 5.02 Å². The van der Waals surface area contributed by atoms with Crippen LogP contribution >= 0.6 is 23.4 Å². The van der Waals surface area contributed by atoms with Gasteiger partial charge in [0.2, 0.25) is 0 Å². The maximum Gasteiger partial charge on any atom is 0.313 e. The van der Waals surface area contributed by atoms with Crippen molar-refractivity contribution < 1.29 is 9.90 Å². The fourth-order valence-corrected chi connectivity index (χ4v) is 3.16. The molecule has 0 atom stereocenters. The second-order valence-corrected chi connectivity index (χ2v) is 6.26. The van der Waals surface area contributed by atoms with Crippen LogP contribution in [0.25, 0.3) is 22.2 Å². The van der Waals surface area contributed by atoms with Gasteiger partial charge in [-0.25, -0.2) is 4.98 Å². The Morgan fingerprint density at radius 2 is 2.09 bits per heavy atom. The smallest absolute Gasteiger partial charge is 0.313 e. The number of benzene rings is 2. The first kappa shape index (κ1) is 14.9. The van der Waals surface area contributed by atoms with Gasteiger partial charge in [0.25, 0.3) is 0 Å². The minimum absolute atomic E-state index is 0.0296. The number of hydrogen-bond acceptors (Lipinski definition) is 3. The number of fused-ring (bicyclic) bond motifs is 1. The van der Waals surface area contributed by atoms with E-state index >= 15 is 0 Å². The van der Waals surface area contributed by atoms with Gasteiger partial charge in [-0.2, -0.15) is 0 Å². The van der Waals surface area contributed by atoms with Gasteiger partial charge in [-0.15, -0.1) is 0 Å². The standard InChI is InChI=1S/C16H13ClN2O2S/c1-9-4-2-3-5-10(9)11-6-13-14(7-12(11)17)19-16(18-13)22-8-15(20)21/h2-7H,8H2,1H3,(H,18,19)(H,20,21). The third kappa shape index (κ3) is 2.96. The largest absolute Gasteiger partial charge is 0.481 e. The zero-order valence-electron chi connectivity index (χ0n) is 11.8. The number of carbonyl (C=O) groups is 1. The number of rotatable bonds is 4. The van der Waals surface area contributed by atoms with Crippen molar-refractivity contribution in [3.63, 3.8) is 0 Å². The van der Waals surface area contributed by atoms with E-state index in [0.29, 0.717) is 10.2 Å². The third-order valence-electron chi connectivity index (χ3n) is 3.32. The van der Waals surface area contributed by atoms with E-state index < -0.39 is 5.97 Å². The van der Waals surface area contributed by atoms with Crippen LogP contribution in [-0.4, -0.2) is 26.8 Å². The lowest BCUT2D eigenvalue weighted by molar-refractivity contribution is -0.133. The minimum Gasteiger partial charge on any atom is -0.481 e. The fraction of sp³-hybridized carbons (Fsp3) is 0.125. The molecule has 0 saturated heterocycles. The highest BCUT2D eigenvalue weighted by Crippen LogP contribution is 2.34. The van der Waals surface area contributed by atoms with E-state index in [1.165, 1.54) is 0 Å². The number of imidazole rings is 1. The molecule has 2 aromatic carbocycles. The van der Waals surface area contributed by atoms with Crippen molar-refractivity contribution in [2.45, 2.75) is 12.1 Å². The van der Waals surface area contributed by atoms with Crippen LogP contribution in [0.4, 0.5) is 0 Å². The number of halogens is 1. The Morgan fingerprint density at radius 1 is 1.32 bits per heavy atom. The first-order valence-electron chi connectivity index (χ1n) is 6.64. The molecule has 0 radical (unpaired) electrons. The van der Waals surface area contributed by atoms with E-state index in [9.17, 15) is 4.79 Å². The van der Waals surface area contributed by atoms with Crippen LogP contribution in [0.15, 0.2) is 41.6 Å². The molecule has 0 unspecified atom stereocenters. The zero-order valence-corrected chi connectivity index (χ0v) is 13.3. The van der Waals surface area contributed by atoms with Crippen LogP contribution in [0.5, 0.6) is 0 Å². The quantitative estimate of drug-likeness (QED) is 0.696. The normalized spacial score (nSPS) is 11.0. The first-order valence-corrected chi connectivity index (χ1v) is 8.01. The summed E-state index contributed by atoms with van der Waals surface area (Å²) in [6.07, 6.45) is 0. The van der Waals surface area contributed by atoms with Gasteiger partial charge in [0.05, 0.1) is 21.8 Å². The van der Waals surface area contributed by atoms with E-state index in [-0.39, 0.29) is 5.75 Å². The molecular weight excluding hydrogens is 320 g/mol. The molecule has 1 heterocycles. The summed E-state index contributed by atoms with van der Waals surface area (Å²) in [4.78, 5) is 18.2. The van der Waals surface area contributed by atoms with Gasteiger partial charge in [0.1, 0.15) is 0 Å². The van der Waals surface area contributed by atoms with Gasteiger partial charge in [-0.1, -0.05) is 47.6 Å². The number of aryl methyl sites for hydroxylation is 1. The highest BCUT2D eigenvalue weighted by atomic mass is 35.5. The van der Waals surface area contributed by atoms with E-state index in [1.807, 2.05) is 43.3 Å². The van der Waals surface area contributed by atoms with Crippen molar-refractivity contribution >= 4 is 40.4 Å². The van der Waals surface area contributed by atoms with Crippen LogP contribution in [0.1, 0.15) is 5.56 Å². The first-order chi connectivity index (χ1) is 10.5. The second-order valence-electron chi connectivity index (χ2n) is 4.89. The van der Waals surface area contributed by atoms with Crippen molar-refractivity contribution in [2.24, 2.45) is 0 Å². The van der Waals surface area contributed by atoms with Gasteiger partial charge in [0.15, 0.2) is 5.16 Å². The molecule has 1 aromatic heterocycles. The molecule has 3 rings (SSSR count). The van der Waals surface area contributed by atoms with E-state index in [1.54, 1.807) is 0 Å². The maximum absolute atomic E-state index is 10.6. The molecule has 0 aliphatic carbocycles. The predicted octanol–water partition coefficient (Wildman–Crippen LogP) is 4.37.